The van der Waals surface area contributed by atoms with Crippen molar-refractivity contribution in [1.29, 1.82) is 0 Å². The van der Waals surface area contributed by atoms with Crippen molar-refractivity contribution in [2.24, 2.45) is 0 Å². The smallest absolute Gasteiger partial charge is 0.253 e. The molecule has 1 aliphatic carbocycles. The molecule has 31 heavy (non-hydrogen) atoms. The van der Waals surface area contributed by atoms with Crippen LogP contribution in [0.1, 0.15) is 41.6 Å². The maximum absolute atomic E-state index is 12.9. The maximum Gasteiger partial charge on any atom is 0.253 e. The first-order valence-electron chi connectivity index (χ1n) is 10.4. The number of rotatable bonds is 6. The molecule has 2 atom stereocenters. The van der Waals surface area contributed by atoms with Crippen LogP contribution in [0.3, 0.4) is 0 Å². The lowest BCUT2D eigenvalue weighted by Gasteiger charge is -2.28. The zero-order chi connectivity index (χ0) is 21.6. The molecule has 7 heteroatoms. The van der Waals surface area contributed by atoms with Gasteiger partial charge < -0.3 is 15.2 Å². The predicted molar refractivity (Wildman–Crippen MR) is 119 cm³/mol. The van der Waals surface area contributed by atoms with Crippen molar-refractivity contribution in [3.05, 3.63) is 77.2 Å². The maximum atomic E-state index is 12.9. The number of nitrogens with zero attached hydrogens (tertiary/aromatic N) is 2. The number of ether oxygens (including phenoxy) is 1. The number of aliphatic hydroxyl groups is 1. The Balaban J connectivity index is 1.59. The standard InChI is InChI=1S/C24H24ClN3O3/c25-19-9-7-17(8-10-19)20-12-18(23(30)28-21-5-1-2-6-22(21)29)14-27-24(20)31-15-16-4-3-11-26-13-16/h3-4,7-14,21-22,29H,1-2,5-6,15H2,(H,28,30). The Labute approximate surface area is 186 Å². The van der Waals surface area contributed by atoms with E-state index >= 15 is 0 Å². The summed E-state index contributed by atoms with van der Waals surface area (Å²) in [6.07, 6.45) is 7.90. The average Bonchev–Trinajstić information content (AvgIpc) is 2.80. The van der Waals surface area contributed by atoms with Crippen LogP contribution in [0.4, 0.5) is 0 Å². The van der Waals surface area contributed by atoms with Gasteiger partial charge in [0, 0.05) is 34.7 Å². The molecule has 4 rings (SSSR count). The van der Waals surface area contributed by atoms with Gasteiger partial charge in [-0.3, -0.25) is 9.78 Å². The van der Waals surface area contributed by atoms with E-state index in [9.17, 15) is 9.90 Å². The molecule has 2 N–H and O–H groups in total. The zero-order valence-electron chi connectivity index (χ0n) is 17.0. The molecule has 2 aromatic heterocycles. The van der Waals surface area contributed by atoms with Crippen molar-refractivity contribution in [2.75, 3.05) is 0 Å². The first-order valence-corrected chi connectivity index (χ1v) is 10.7. The fourth-order valence-electron chi connectivity index (χ4n) is 3.69. The van der Waals surface area contributed by atoms with Gasteiger partial charge in [0.15, 0.2) is 0 Å². The third-order valence-corrected chi connectivity index (χ3v) is 5.66. The highest BCUT2D eigenvalue weighted by molar-refractivity contribution is 6.30. The van der Waals surface area contributed by atoms with Crippen molar-refractivity contribution in [3.63, 3.8) is 0 Å². The van der Waals surface area contributed by atoms with E-state index in [4.69, 9.17) is 16.3 Å². The van der Waals surface area contributed by atoms with Crippen LogP contribution in [0.2, 0.25) is 5.02 Å². The number of pyridine rings is 2. The highest BCUT2D eigenvalue weighted by atomic mass is 35.5. The summed E-state index contributed by atoms with van der Waals surface area (Å²) in [7, 11) is 0. The van der Waals surface area contributed by atoms with Crippen molar-refractivity contribution < 1.29 is 14.6 Å². The largest absolute Gasteiger partial charge is 0.472 e. The second-order valence-corrected chi connectivity index (χ2v) is 8.10. The molecule has 1 aromatic carbocycles. The summed E-state index contributed by atoms with van der Waals surface area (Å²) in [4.78, 5) is 21.4. The molecule has 3 aromatic rings. The molecule has 1 amide bonds. The first-order chi connectivity index (χ1) is 15.1. The van der Waals surface area contributed by atoms with Gasteiger partial charge in [-0.15, -0.1) is 0 Å². The van der Waals surface area contributed by atoms with Gasteiger partial charge >= 0.3 is 0 Å². The number of halogens is 1. The van der Waals surface area contributed by atoms with Gasteiger partial charge in [-0.2, -0.15) is 0 Å². The summed E-state index contributed by atoms with van der Waals surface area (Å²) in [5.41, 5.74) is 2.86. The number of carbonyl (C=O) groups excluding carboxylic acids is 1. The van der Waals surface area contributed by atoms with Crippen LogP contribution in [0.25, 0.3) is 11.1 Å². The molecule has 0 aliphatic heterocycles. The molecule has 6 nitrogen and oxygen atoms in total. The fraction of sp³-hybridized carbons (Fsp3) is 0.292. The number of amides is 1. The Morgan fingerprint density at radius 1 is 1.16 bits per heavy atom. The molecule has 2 unspecified atom stereocenters. The van der Waals surface area contributed by atoms with Crippen LogP contribution in [0, 0.1) is 0 Å². The van der Waals surface area contributed by atoms with E-state index in [1.54, 1.807) is 30.6 Å². The van der Waals surface area contributed by atoms with Crippen LogP contribution in [-0.4, -0.2) is 33.1 Å². The number of hydrogen-bond acceptors (Lipinski definition) is 5. The van der Waals surface area contributed by atoms with Crippen LogP contribution in [0.15, 0.2) is 61.1 Å². The monoisotopic (exact) mass is 437 g/mol. The molecule has 0 saturated heterocycles. The number of benzene rings is 1. The second kappa shape index (κ2) is 9.90. The van der Waals surface area contributed by atoms with Gasteiger partial charge in [0.1, 0.15) is 6.61 Å². The van der Waals surface area contributed by atoms with Crippen molar-refractivity contribution in [1.82, 2.24) is 15.3 Å². The highest BCUT2D eigenvalue weighted by Crippen LogP contribution is 2.31. The Hall–Kier alpha value is -2.96. The lowest BCUT2D eigenvalue weighted by Crippen LogP contribution is -2.45. The number of aliphatic hydroxyl groups excluding tert-OH is 1. The van der Waals surface area contributed by atoms with Gasteiger partial charge in [-0.05, 0) is 42.7 Å². The van der Waals surface area contributed by atoms with Crippen molar-refractivity contribution in [3.8, 4) is 17.0 Å². The molecule has 0 spiro atoms. The third-order valence-electron chi connectivity index (χ3n) is 5.41. The van der Waals surface area contributed by atoms with Gasteiger partial charge in [-0.25, -0.2) is 4.98 Å². The summed E-state index contributed by atoms with van der Waals surface area (Å²) in [5, 5.41) is 13.7. The van der Waals surface area contributed by atoms with Gasteiger partial charge in [0.25, 0.3) is 5.91 Å². The number of aromatic nitrogens is 2. The Morgan fingerprint density at radius 3 is 2.71 bits per heavy atom. The van der Waals surface area contributed by atoms with E-state index in [2.05, 4.69) is 15.3 Å². The normalized spacial score (nSPS) is 18.4. The van der Waals surface area contributed by atoms with Gasteiger partial charge in [-0.1, -0.05) is 42.6 Å². The lowest BCUT2D eigenvalue weighted by molar-refractivity contribution is 0.0717. The highest BCUT2D eigenvalue weighted by Gasteiger charge is 2.25. The molecule has 1 saturated carbocycles. The number of hydrogen-bond donors (Lipinski definition) is 2. The minimum Gasteiger partial charge on any atom is -0.472 e. The molecule has 160 valence electrons. The molecule has 2 heterocycles. The summed E-state index contributed by atoms with van der Waals surface area (Å²) in [6, 6.07) is 12.6. The van der Waals surface area contributed by atoms with E-state index in [0.29, 0.717) is 35.1 Å². The first kappa shape index (κ1) is 21.3. The van der Waals surface area contributed by atoms with E-state index < -0.39 is 6.10 Å². The predicted octanol–water partition coefficient (Wildman–Crippen LogP) is 4.41. The molecule has 1 fully saturated rings. The van der Waals surface area contributed by atoms with Crippen molar-refractivity contribution >= 4 is 17.5 Å². The summed E-state index contributed by atoms with van der Waals surface area (Å²) in [5.74, 6) is 0.160. The molecular weight excluding hydrogens is 414 g/mol. The van der Waals surface area contributed by atoms with Crippen LogP contribution in [-0.2, 0) is 6.61 Å². The van der Waals surface area contributed by atoms with Crippen LogP contribution < -0.4 is 10.1 Å². The summed E-state index contributed by atoms with van der Waals surface area (Å²) < 4.78 is 5.95. The van der Waals surface area contributed by atoms with E-state index in [1.807, 2.05) is 24.3 Å². The zero-order valence-corrected chi connectivity index (χ0v) is 17.8. The minimum atomic E-state index is -0.511. The number of nitrogens with one attached hydrogen (secondary N) is 1. The van der Waals surface area contributed by atoms with E-state index in [1.165, 1.54) is 6.20 Å². The molecule has 0 radical (unpaired) electrons. The Morgan fingerprint density at radius 2 is 1.97 bits per heavy atom. The molecular formula is C24H24ClN3O3. The quantitative estimate of drug-likeness (QED) is 0.596. The van der Waals surface area contributed by atoms with Crippen LogP contribution >= 0.6 is 11.6 Å². The number of carbonyl (C=O) groups is 1. The van der Waals surface area contributed by atoms with Gasteiger partial charge in [0.05, 0.1) is 17.7 Å². The minimum absolute atomic E-state index is 0.235. The van der Waals surface area contributed by atoms with E-state index in [0.717, 1.165) is 30.4 Å². The van der Waals surface area contributed by atoms with Crippen LogP contribution in [0.5, 0.6) is 5.88 Å². The van der Waals surface area contributed by atoms with Crippen molar-refractivity contribution in [2.45, 2.75) is 44.4 Å². The summed E-state index contributed by atoms with van der Waals surface area (Å²) >= 11 is 6.04. The molecule has 0 bridgehead atoms. The van der Waals surface area contributed by atoms with E-state index in [-0.39, 0.29) is 11.9 Å². The SMILES string of the molecule is O=C(NC1CCCCC1O)c1cnc(OCc2cccnc2)c(-c2ccc(Cl)cc2)c1. The topological polar surface area (TPSA) is 84.3 Å². The third kappa shape index (κ3) is 5.40. The Bertz CT molecular complexity index is 1030. The lowest BCUT2D eigenvalue weighted by atomic mass is 9.92. The van der Waals surface area contributed by atoms with Gasteiger partial charge in [0.2, 0.25) is 5.88 Å². The molecule has 1 aliphatic rings. The summed E-state index contributed by atoms with van der Waals surface area (Å²) in [6.45, 7) is 0.307. The average molecular weight is 438 g/mol. The fourth-order valence-corrected chi connectivity index (χ4v) is 3.82. The second-order valence-electron chi connectivity index (χ2n) is 7.67. The Kier molecular flexibility index (Phi) is 6.79.